The molecule has 2 atom stereocenters. The van der Waals surface area contributed by atoms with Gasteiger partial charge in [-0.1, -0.05) is 62.2 Å². The minimum absolute atomic E-state index is 0.322. The van der Waals surface area contributed by atoms with Crippen LogP contribution in [0.4, 0.5) is 16.2 Å². The number of unbranched alkanes of at least 4 members (excludes halogenated alkanes) is 1. The minimum Gasteiger partial charge on any atom is -0.444 e. The first kappa shape index (κ1) is 25.9. The molecule has 1 aliphatic rings. The van der Waals surface area contributed by atoms with Crippen molar-refractivity contribution in [2.75, 3.05) is 11.9 Å². The average molecular weight is 479 g/mol. The fourth-order valence-corrected chi connectivity index (χ4v) is 3.81. The number of aliphatic imine (C=N–C) groups is 1. The van der Waals surface area contributed by atoms with E-state index in [1.807, 2.05) is 61.5 Å². The van der Waals surface area contributed by atoms with Crippen LogP contribution in [0, 0.1) is 0 Å². The molecule has 1 heterocycles. The third kappa shape index (κ3) is 6.68. The Morgan fingerprint density at radius 1 is 1.09 bits per heavy atom. The molecule has 0 spiro atoms. The number of anilines is 1. The molecular formula is C27H34N4O4. The van der Waals surface area contributed by atoms with Gasteiger partial charge in [-0.2, -0.15) is 0 Å². The predicted octanol–water partition coefficient (Wildman–Crippen LogP) is 4.35. The van der Waals surface area contributed by atoms with Gasteiger partial charge in [0.05, 0.1) is 17.1 Å². The van der Waals surface area contributed by atoms with E-state index in [1.165, 1.54) is 4.90 Å². The first-order valence-electron chi connectivity index (χ1n) is 11.9. The quantitative estimate of drug-likeness (QED) is 0.618. The lowest BCUT2D eigenvalue weighted by Crippen LogP contribution is -2.57. The van der Waals surface area contributed by atoms with E-state index in [0.29, 0.717) is 23.5 Å². The Hall–Kier alpha value is -3.68. The van der Waals surface area contributed by atoms with Crippen LogP contribution in [0.15, 0.2) is 59.6 Å². The fraction of sp³-hybridized carbons (Fsp3) is 0.407. The zero-order chi connectivity index (χ0) is 25.6. The first-order valence-corrected chi connectivity index (χ1v) is 11.9. The van der Waals surface area contributed by atoms with Crippen LogP contribution in [0.1, 0.15) is 52.5 Å². The van der Waals surface area contributed by atoms with Crippen LogP contribution in [0.25, 0.3) is 0 Å². The Labute approximate surface area is 206 Å². The second-order valence-corrected chi connectivity index (χ2v) is 9.53. The van der Waals surface area contributed by atoms with E-state index >= 15 is 0 Å². The van der Waals surface area contributed by atoms with Gasteiger partial charge in [-0.15, -0.1) is 0 Å². The molecule has 186 valence electrons. The first-order chi connectivity index (χ1) is 16.6. The molecule has 1 unspecified atom stereocenters. The lowest BCUT2D eigenvalue weighted by atomic mass is 10.0. The van der Waals surface area contributed by atoms with Crippen LogP contribution in [0.5, 0.6) is 0 Å². The summed E-state index contributed by atoms with van der Waals surface area (Å²) < 4.78 is 5.35. The van der Waals surface area contributed by atoms with Crippen LogP contribution in [0.3, 0.4) is 0 Å². The van der Waals surface area contributed by atoms with Gasteiger partial charge in [0.1, 0.15) is 11.6 Å². The van der Waals surface area contributed by atoms with Crippen LogP contribution >= 0.6 is 0 Å². The van der Waals surface area contributed by atoms with Gasteiger partial charge in [-0.3, -0.25) is 9.59 Å². The van der Waals surface area contributed by atoms with Crippen LogP contribution < -0.4 is 15.5 Å². The summed E-state index contributed by atoms with van der Waals surface area (Å²) in [6.07, 6.45) is 1.30. The number of amides is 3. The van der Waals surface area contributed by atoms with E-state index < -0.39 is 29.7 Å². The van der Waals surface area contributed by atoms with Crippen molar-refractivity contribution >= 4 is 35.0 Å². The van der Waals surface area contributed by atoms with E-state index in [9.17, 15) is 14.4 Å². The second-order valence-electron chi connectivity index (χ2n) is 9.53. The minimum atomic E-state index is -1.04. The highest BCUT2D eigenvalue weighted by Crippen LogP contribution is 2.32. The van der Waals surface area contributed by atoms with E-state index in [1.54, 1.807) is 27.8 Å². The molecule has 0 saturated heterocycles. The molecule has 3 amide bonds. The number of hydrogen-bond acceptors (Lipinski definition) is 5. The van der Waals surface area contributed by atoms with Crippen LogP contribution in [-0.4, -0.2) is 48.4 Å². The summed E-state index contributed by atoms with van der Waals surface area (Å²) in [4.78, 5) is 45.7. The van der Waals surface area contributed by atoms with Crippen LogP contribution in [0.2, 0.25) is 0 Å². The number of carbonyl (C=O) groups excluding carboxylic acids is 3. The molecular weight excluding hydrogens is 444 g/mol. The number of para-hydroxylation sites is 2. The van der Waals surface area contributed by atoms with Crippen molar-refractivity contribution in [1.29, 1.82) is 0 Å². The Balaban J connectivity index is 1.94. The molecule has 2 aromatic carbocycles. The van der Waals surface area contributed by atoms with E-state index in [0.717, 1.165) is 18.4 Å². The van der Waals surface area contributed by atoms with E-state index in [2.05, 4.69) is 10.6 Å². The third-order valence-corrected chi connectivity index (χ3v) is 5.54. The molecule has 35 heavy (non-hydrogen) atoms. The number of benzene rings is 2. The zero-order valence-electron chi connectivity index (χ0n) is 21.0. The molecule has 0 radical (unpaired) electrons. The highest BCUT2D eigenvalue weighted by molar-refractivity contribution is 6.24. The highest BCUT2D eigenvalue weighted by atomic mass is 16.6. The molecule has 0 aliphatic carbocycles. The molecule has 1 aliphatic heterocycles. The number of nitrogens with one attached hydrogen (secondary N) is 2. The number of rotatable bonds is 7. The molecule has 3 rings (SSSR count). The Morgan fingerprint density at radius 3 is 2.40 bits per heavy atom. The Kier molecular flexibility index (Phi) is 8.27. The van der Waals surface area contributed by atoms with Gasteiger partial charge in [0.15, 0.2) is 6.04 Å². The molecule has 0 fully saturated rings. The lowest BCUT2D eigenvalue weighted by Gasteiger charge is -2.27. The summed E-state index contributed by atoms with van der Waals surface area (Å²) >= 11 is 0. The third-order valence-electron chi connectivity index (χ3n) is 5.54. The van der Waals surface area contributed by atoms with Crippen molar-refractivity contribution in [1.82, 2.24) is 10.6 Å². The molecule has 0 aromatic heterocycles. The number of alkyl carbamates (subject to hydrolysis) is 1. The van der Waals surface area contributed by atoms with E-state index in [4.69, 9.17) is 9.73 Å². The summed E-state index contributed by atoms with van der Waals surface area (Å²) in [6, 6.07) is 14.8. The molecule has 8 heteroatoms. The van der Waals surface area contributed by atoms with Gasteiger partial charge in [0.2, 0.25) is 5.91 Å². The fourth-order valence-electron chi connectivity index (χ4n) is 3.81. The van der Waals surface area contributed by atoms with Crippen molar-refractivity contribution in [3.05, 3.63) is 60.2 Å². The van der Waals surface area contributed by atoms with Crippen molar-refractivity contribution in [2.24, 2.45) is 4.99 Å². The smallest absolute Gasteiger partial charge is 0.408 e. The largest absolute Gasteiger partial charge is 0.444 e. The summed E-state index contributed by atoms with van der Waals surface area (Å²) in [7, 11) is 1.66. The number of hydrogen-bond donors (Lipinski definition) is 2. The van der Waals surface area contributed by atoms with Crippen LogP contribution in [-0.2, 0) is 14.3 Å². The monoisotopic (exact) mass is 478 g/mol. The molecule has 0 bridgehead atoms. The SMILES string of the molecule is CCCC[C@H](NC(=O)OC(C)(C)C)C(=O)NC1C(=O)N(C)c2ccccc2N=C1c1ccccc1. The summed E-state index contributed by atoms with van der Waals surface area (Å²) in [6.45, 7) is 7.28. The number of fused-ring (bicyclic) bond motifs is 1. The van der Waals surface area contributed by atoms with Gasteiger partial charge in [0, 0.05) is 7.05 Å². The molecule has 0 saturated carbocycles. The maximum absolute atomic E-state index is 13.6. The van der Waals surface area contributed by atoms with Crippen molar-refractivity contribution in [3.63, 3.8) is 0 Å². The van der Waals surface area contributed by atoms with Gasteiger partial charge in [-0.05, 0) is 44.9 Å². The Morgan fingerprint density at radius 2 is 1.74 bits per heavy atom. The summed E-state index contributed by atoms with van der Waals surface area (Å²) in [5.41, 5.74) is 1.74. The zero-order valence-corrected chi connectivity index (χ0v) is 21.0. The predicted molar refractivity (Wildman–Crippen MR) is 137 cm³/mol. The molecule has 2 aromatic rings. The average Bonchev–Trinajstić information content (AvgIpc) is 2.91. The standard InChI is InChI=1S/C27H34N4O4/c1-6-7-15-20(29-26(34)35-27(2,3)4)24(32)30-23-22(18-13-9-8-10-14-18)28-19-16-11-12-17-21(19)31(5)25(23)33/h8-14,16-17,20,23H,6-7,15H2,1-5H3,(H,29,34)(H,30,32)/t20-,23?/m0/s1. The normalized spacial score (nSPS) is 16.5. The highest BCUT2D eigenvalue weighted by Gasteiger charge is 2.36. The number of likely N-dealkylation sites (N-methyl/N-ethyl adjacent to an activating group) is 1. The van der Waals surface area contributed by atoms with Gasteiger partial charge >= 0.3 is 6.09 Å². The van der Waals surface area contributed by atoms with Crippen molar-refractivity contribution in [2.45, 2.75) is 64.6 Å². The van der Waals surface area contributed by atoms with Gasteiger partial charge in [-0.25, -0.2) is 9.79 Å². The number of ether oxygens (including phenoxy) is 1. The maximum Gasteiger partial charge on any atom is 0.408 e. The van der Waals surface area contributed by atoms with Gasteiger partial charge in [0.25, 0.3) is 5.91 Å². The maximum atomic E-state index is 13.6. The summed E-state index contributed by atoms with van der Waals surface area (Å²) in [5.74, 6) is -0.789. The van der Waals surface area contributed by atoms with Crippen molar-refractivity contribution < 1.29 is 19.1 Å². The van der Waals surface area contributed by atoms with Crippen molar-refractivity contribution in [3.8, 4) is 0 Å². The number of nitrogens with zero attached hydrogens (tertiary/aromatic N) is 2. The molecule has 8 nitrogen and oxygen atoms in total. The van der Waals surface area contributed by atoms with E-state index in [-0.39, 0.29) is 5.91 Å². The Bertz CT molecular complexity index is 1090. The number of carbonyl (C=O) groups is 3. The van der Waals surface area contributed by atoms with Gasteiger partial charge < -0.3 is 20.3 Å². The second kappa shape index (κ2) is 11.2. The summed E-state index contributed by atoms with van der Waals surface area (Å²) in [5, 5.41) is 5.54. The molecule has 2 N–H and O–H groups in total. The topological polar surface area (TPSA) is 100 Å². The lowest BCUT2D eigenvalue weighted by molar-refractivity contribution is -0.127.